The number of hydrogen-bond donors (Lipinski definition) is 0. The van der Waals surface area contributed by atoms with Crippen LogP contribution in [0.2, 0.25) is 0 Å². The molecule has 0 spiro atoms. The van der Waals surface area contributed by atoms with Crippen molar-refractivity contribution in [3.05, 3.63) is 62.9 Å². The van der Waals surface area contributed by atoms with Gasteiger partial charge in [-0.2, -0.15) is 9.30 Å². The summed E-state index contributed by atoms with van der Waals surface area (Å²) in [4.78, 5) is 28.3. The molecule has 186 valence electrons. The molecule has 2 aromatic carbocycles. The van der Waals surface area contributed by atoms with Gasteiger partial charge in [0.15, 0.2) is 4.80 Å². The highest BCUT2D eigenvalue weighted by atomic mass is 32.2. The summed E-state index contributed by atoms with van der Waals surface area (Å²) in [6.07, 6.45) is 2.44. The first-order valence-electron chi connectivity index (χ1n) is 11.3. The number of nitro benzene ring substituents is 1. The summed E-state index contributed by atoms with van der Waals surface area (Å²) >= 11 is 1.20. The molecule has 4 rings (SSSR count). The quantitative estimate of drug-likeness (QED) is 0.332. The van der Waals surface area contributed by atoms with Crippen LogP contribution >= 0.6 is 11.3 Å². The lowest BCUT2D eigenvalue weighted by Gasteiger charge is -2.20. The van der Waals surface area contributed by atoms with E-state index in [-0.39, 0.29) is 28.8 Å². The van der Waals surface area contributed by atoms with Crippen LogP contribution in [-0.2, 0) is 21.3 Å². The second-order valence-corrected chi connectivity index (χ2v) is 11.4. The molecule has 2 heterocycles. The van der Waals surface area contributed by atoms with Gasteiger partial charge >= 0.3 is 0 Å². The fraction of sp³-hybridized carbons (Fsp3) is 0.391. The van der Waals surface area contributed by atoms with E-state index in [4.69, 9.17) is 4.74 Å². The maximum absolute atomic E-state index is 12.9. The van der Waals surface area contributed by atoms with Crippen LogP contribution < -0.4 is 4.80 Å². The van der Waals surface area contributed by atoms with E-state index in [0.29, 0.717) is 22.7 Å². The van der Waals surface area contributed by atoms with Crippen LogP contribution in [0.25, 0.3) is 10.2 Å². The number of hydrogen-bond acceptors (Lipinski definition) is 7. The number of aromatic nitrogens is 1. The average Bonchev–Trinajstić information content (AvgIpc) is 3.47. The monoisotopic (exact) mass is 518 g/mol. The number of rotatable bonds is 8. The predicted molar refractivity (Wildman–Crippen MR) is 132 cm³/mol. The first-order valence-corrected chi connectivity index (χ1v) is 13.5. The van der Waals surface area contributed by atoms with E-state index in [1.54, 1.807) is 6.07 Å². The highest BCUT2D eigenvalue weighted by Gasteiger charge is 2.26. The van der Waals surface area contributed by atoms with E-state index in [2.05, 4.69) is 4.99 Å². The van der Waals surface area contributed by atoms with Gasteiger partial charge < -0.3 is 9.30 Å². The van der Waals surface area contributed by atoms with Crippen LogP contribution in [0.4, 0.5) is 5.69 Å². The van der Waals surface area contributed by atoms with E-state index in [9.17, 15) is 23.3 Å². The fourth-order valence-electron chi connectivity index (χ4n) is 3.97. The van der Waals surface area contributed by atoms with Gasteiger partial charge in [0.2, 0.25) is 10.0 Å². The minimum Gasteiger partial charge on any atom is -0.377 e. The molecule has 1 unspecified atom stereocenters. The maximum atomic E-state index is 12.9. The maximum Gasteiger partial charge on any atom is 0.279 e. The van der Waals surface area contributed by atoms with Gasteiger partial charge in [0.05, 0.1) is 26.1 Å². The zero-order valence-electron chi connectivity index (χ0n) is 19.4. The normalized spacial score (nSPS) is 16.9. The van der Waals surface area contributed by atoms with Crippen LogP contribution in [0.1, 0.15) is 36.5 Å². The highest BCUT2D eigenvalue weighted by Crippen LogP contribution is 2.24. The van der Waals surface area contributed by atoms with Gasteiger partial charge in [0.25, 0.3) is 11.6 Å². The molecular weight excluding hydrogens is 492 g/mol. The highest BCUT2D eigenvalue weighted by molar-refractivity contribution is 7.89. The Morgan fingerprint density at radius 2 is 2.03 bits per heavy atom. The van der Waals surface area contributed by atoms with Crippen molar-refractivity contribution < 1.29 is 22.9 Å². The summed E-state index contributed by atoms with van der Waals surface area (Å²) in [5, 5.41) is 11.1. The van der Waals surface area contributed by atoms with E-state index < -0.39 is 20.9 Å². The molecule has 1 fully saturated rings. The third-order valence-corrected chi connectivity index (χ3v) is 8.69. The number of nitrogens with zero attached hydrogens (tertiary/aromatic N) is 4. The van der Waals surface area contributed by atoms with Gasteiger partial charge in [0.1, 0.15) is 0 Å². The van der Waals surface area contributed by atoms with Gasteiger partial charge in [-0.3, -0.25) is 14.9 Å². The van der Waals surface area contributed by atoms with E-state index >= 15 is 0 Å². The SMILES string of the molecule is CCCn1c(=NC(=O)c2ccc(S(=O)(=O)N(C)CC3CCCO3)cc2)sc2cc([N+](=O)[O-])ccc21. The van der Waals surface area contributed by atoms with Crippen molar-refractivity contribution in [2.24, 2.45) is 4.99 Å². The van der Waals surface area contributed by atoms with Gasteiger partial charge in [-0.1, -0.05) is 18.3 Å². The van der Waals surface area contributed by atoms with Crippen molar-refractivity contribution in [3.8, 4) is 0 Å². The Balaban J connectivity index is 1.60. The van der Waals surface area contributed by atoms with E-state index in [1.807, 2.05) is 11.5 Å². The summed E-state index contributed by atoms with van der Waals surface area (Å²) < 4.78 is 35.1. The van der Waals surface area contributed by atoms with Crippen molar-refractivity contribution in [3.63, 3.8) is 0 Å². The van der Waals surface area contributed by atoms with Gasteiger partial charge in [0, 0.05) is 44.4 Å². The largest absolute Gasteiger partial charge is 0.377 e. The minimum absolute atomic E-state index is 0.0264. The molecule has 1 saturated heterocycles. The lowest BCUT2D eigenvalue weighted by atomic mass is 10.2. The molecule has 0 aliphatic carbocycles. The smallest absolute Gasteiger partial charge is 0.279 e. The van der Waals surface area contributed by atoms with Gasteiger partial charge in [-0.25, -0.2) is 8.42 Å². The molecule has 10 nitrogen and oxygen atoms in total. The average molecular weight is 519 g/mol. The Hall–Kier alpha value is -2.93. The summed E-state index contributed by atoms with van der Waals surface area (Å²) in [7, 11) is -2.20. The number of carbonyl (C=O) groups is 1. The standard InChI is InChI=1S/C23H26N4O6S2/c1-3-12-26-20-11-8-17(27(29)30)14-21(20)34-23(26)24-22(28)16-6-9-19(10-7-16)35(31,32)25(2)15-18-5-4-13-33-18/h6-11,14,18H,3-5,12-13,15H2,1-2H3. The van der Waals surface area contributed by atoms with Crippen molar-refractivity contribution in [1.29, 1.82) is 0 Å². The Bertz CT molecular complexity index is 1420. The van der Waals surface area contributed by atoms with Gasteiger partial charge in [-0.05, 0) is 49.6 Å². The molecule has 1 amide bonds. The summed E-state index contributed by atoms with van der Waals surface area (Å²) in [5.74, 6) is -0.521. The number of benzene rings is 2. The lowest BCUT2D eigenvalue weighted by molar-refractivity contribution is -0.384. The third-order valence-electron chi connectivity index (χ3n) is 5.82. The summed E-state index contributed by atoms with van der Waals surface area (Å²) in [6.45, 7) is 3.51. The first-order chi connectivity index (χ1) is 16.7. The molecule has 0 radical (unpaired) electrons. The number of likely N-dealkylation sites (N-methyl/N-ethyl adjacent to an activating group) is 1. The summed E-state index contributed by atoms with van der Waals surface area (Å²) in [5.41, 5.74) is 0.989. The zero-order chi connectivity index (χ0) is 25.2. The van der Waals surface area contributed by atoms with Crippen molar-refractivity contribution in [1.82, 2.24) is 8.87 Å². The molecule has 0 N–H and O–H groups in total. The Morgan fingerprint density at radius 3 is 2.66 bits per heavy atom. The topological polar surface area (TPSA) is 124 Å². The first kappa shape index (κ1) is 25.2. The van der Waals surface area contributed by atoms with E-state index in [1.165, 1.54) is 59.1 Å². The van der Waals surface area contributed by atoms with Crippen LogP contribution in [0.5, 0.6) is 0 Å². The Morgan fingerprint density at radius 1 is 1.29 bits per heavy atom. The van der Waals surface area contributed by atoms with Crippen LogP contribution in [0, 0.1) is 10.1 Å². The van der Waals surface area contributed by atoms with Crippen molar-refractivity contribution in [2.75, 3.05) is 20.2 Å². The second kappa shape index (κ2) is 10.4. The number of ether oxygens (including phenoxy) is 1. The number of non-ortho nitro benzene ring substituents is 1. The molecule has 1 aliphatic rings. The molecule has 1 atom stereocenters. The fourth-order valence-corrected chi connectivity index (χ4v) is 6.26. The molecule has 0 saturated carbocycles. The minimum atomic E-state index is -3.72. The van der Waals surface area contributed by atoms with Gasteiger partial charge in [-0.15, -0.1) is 0 Å². The van der Waals surface area contributed by atoms with Crippen molar-refractivity contribution in [2.45, 2.75) is 43.7 Å². The number of aryl methyl sites for hydroxylation is 1. The van der Waals surface area contributed by atoms with Crippen molar-refractivity contribution >= 4 is 43.2 Å². The molecule has 3 aromatic rings. The summed E-state index contributed by atoms with van der Waals surface area (Å²) in [6, 6.07) is 10.3. The predicted octanol–water partition coefficient (Wildman–Crippen LogP) is 3.56. The second-order valence-electron chi connectivity index (χ2n) is 8.31. The third kappa shape index (κ3) is 5.35. The number of carbonyl (C=O) groups excluding carboxylic acids is 1. The Kier molecular flexibility index (Phi) is 7.45. The number of thiazole rings is 1. The molecule has 12 heteroatoms. The molecule has 35 heavy (non-hydrogen) atoms. The molecule has 0 bridgehead atoms. The van der Waals surface area contributed by atoms with E-state index in [0.717, 1.165) is 24.8 Å². The number of amides is 1. The number of fused-ring (bicyclic) bond motifs is 1. The molecular formula is C23H26N4O6S2. The lowest BCUT2D eigenvalue weighted by Crippen LogP contribution is -2.34. The molecule has 1 aromatic heterocycles. The molecule has 1 aliphatic heterocycles. The van der Waals surface area contributed by atoms with Crippen LogP contribution in [-0.4, -0.2) is 54.4 Å². The van der Waals surface area contributed by atoms with Crippen LogP contribution in [0.15, 0.2) is 52.4 Å². The zero-order valence-corrected chi connectivity index (χ0v) is 21.0. The van der Waals surface area contributed by atoms with Crippen LogP contribution in [0.3, 0.4) is 0 Å². The number of sulfonamides is 1. The Labute approximate surface area is 206 Å². The number of nitro groups is 1.